The molecule has 0 radical (unpaired) electrons. The number of hydrogen-bond donors (Lipinski definition) is 6. The first-order chi connectivity index (χ1) is 15.4. The van der Waals surface area contributed by atoms with Gasteiger partial charge in [-0.15, -0.1) is 0 Å². The number of H-pyrrole nitrogens is 1. The van der Waals surface area contributed by atoms with E-state index >= 15 is 0 Å². The van der Waals surface area contributed by atoms with E-state index in [0.29, 0.717) is 10.2 Å². The number of ether oxygens (including phenoxy) is 1. The van der Waals surface area contributed by atoms with Crippen LogP contribution in [0.3, 0.4) is 0 Å². The van der Waals surface area contributed by atoms with E-state index in [0.717, 1.165) is 18.6 Å². The quantitative estimate of drug-likeness (QED) is 0.163. The summed E-state index contributed by atoms with van der Waals surface area (Å²) >= 11 is 0. The lowest BCUT2D eigenvalue weighted by atomic mass is 10.1. The van der Waals surface area contributed by atoms with E-state index in [1.165, 1.54) is 21.7 Å². The molecular weight excluding hydrogens is 484 g/mol. The van der Waals surface area contributed by atoms with Gasteiger partial charge in [0.1, 0.15) is 24.6 Å². The molecule has 6 atom stereocenters. The van der Waals surface area contributed by atoms with Crippen molar-refractivity contribution in [3.8, 4) is 0 Å². The molecule has 0 aliphatic carbocycles. The lowest BCUT2D eigenvalue weighted by Gasteiger charge is -2.15. The second-order valence-corrected chi connectivity index (χ2v) is 10.7. The van der Waals surface area contributed by atoms with Gasteiger partial charge in [0.05, 0.1) is 7.05 Å². The van der Waals surface area contributed by atoms with Crippen LogP contribution in [0.15, 0.2) is 41.7 Å². The largest absolute Gasteiger partial charge is 0.444 e. The molecule has 1 aliphatic heterocycles. The molecule has 0 spiro atoms. The average molecular weight is 504 g/mol. The molecule has 0 aromatic carbocycles. The van der Waals surface area contributed by atoms with Crippen LogP contribution >= 0.6 is 15.3 Å². The number of aryl methyl sites for hydroxylation is 1. The number of nitrogens with two attached hydrogens (primary N) is 1. The maximum atomic E-state index is 12.3. The fraction of sp³-hybridized carbons (Fsp3) is 0.333. The number of aliphatic hydroxyl groups is 2. The average Bonchev–Trinajstić information content (AvgIpc) is 3.41. The third-order valence-electron chi connectivity index (χ3n) is 4.81. The standard InChI is InChI=1S/C15H19N7O9P2/c1-20-7-22(12-9(20)13(25)19-15(16)18-12)14-11(24)10(23)8(30-14)2-5-32(26,27)31-33(28,29)21-4-3-17-6-21/h2-8,10-11,14,23-24H,1H3,(H4-,16,18,19,25,26,27,28,29)/p+1/b5-2-/t8-,10+,11?,14-/m1/s1. The molecule has 0 bridgehead atoms. The number of aromatic amines is 1. The Balaban J connectivity index is 1.58. The van der Waals surface area contributed by atoms with Gasteiger partial charge in [0.2, 0.25) is 11.7 Å². The van der Waals surface area contributed by atoms with E-state index in [-0.39, 0.29) is 17.1 Å². The van der Waals surface area contributed by atoms with Crippen LogP contribution in [0.25, 0.3) is 11.2 Å². The molecule has 1 saturated heterocycles. The summed E-state index contributed by atoms with van der Waals surface area (Å²) < 4.78 is 37.8. The lowest BCUT2D eigenvalue weighted by molar-refractivity contribution is -0.745. The van der Waals surface area contributed by atoms with Crippen molar-refractivity contribution in [2.24, 2.45) is 7.05 Å². The van der Waals surface area contributed by atoms with Gasteiger partial charge in [-0.05, 0) is 6.08 Å². The summed E-state index contributed by atoms with van der Waals surface area (Å²) in [7, 11) is -7.97. The second kappa shape index (κ2) is 8.27. The van der Waals surface area contributed by atoms with E-state index in [4.69, 9.17) is 10.5 Å². The number of rotatable bonds is 6. The van der Waals surface area contributed by atoms with Crippen molar-refractivity contribution in [1.82, 2.24) is 23.9 Å². The Labute approximate surface area is 184 Å². The van der Waals surface area contributed by atoms with Crippen molar-refractivity contribution in [3.63, 3.8) is 0 Å². The van der Waals surface area contributed by atoms with Gasteiger partial charge >= 0.3 is 21.0 Å². The van der Waals surface area contributed by atoms with Gasteiger partial charge in [-0.2, -0.15) is 0 Å². The number of nitrogen functional groups attached to an aromatic ring is 1. The Kier molecular flexibility index (Phi) is 5.88. The summed E-state index contributed by atoms with van der Waals surface area (Å²) in [5.41, 5.74) is 5.25. The molecule has 1 aliphatic rings. The minimum absolute atomic E-state index is 0.0670. The molecule has 7 N–H and O–H groups in total. The summed E-state index contributed by atoms with van der Waals surface area (Å²) in [5.74, 6) is 0.381. The molecule has 33 heavy (non-hydrogen) atoms. The normalized spacial score (nSPS) is 27.2. The van der Waals surface area contributed by atoms with Gasteiger partial charge in [0.15, 0.2) is 6.33 Å². The van der Waals surface area contributed by atoms with E-state index in [9.17, 15) is 33.9 Å². The van der Waals surface area contributed by atoms with Crippen LogP contribution in [-0.4, -0.2) is 62.2 Å². The Morgan fingerprint density at radius 2 is 2.06 bits per heavy atom. The Hall–Kier alpha value is -2.68. The molecule has 4 heterocycles. The molecule has 178 valence electrons. The van der Waals surface area contributed by atoms with Crippen molar-refractivity contribution >= 4 is 32.5 Å². The van der Waals surface area contributed by atoms with Crippen molar-refractivity contribution in [2.45, 2.75) is 24.5 Å². The SMILES string of the molecule is Cn1c[n+]([C@@H]2O[C@H](/C=C\P(=O)(O)OP(=O)(O)n3ccnc3)[C@H](O)C2O)c2nc(N)[nH]c(=O)c21. The number of fused-ring (bicyclic) bond motifs is 1. The fourth-order valence-electron chi connectivity index (χ4n) is 3.35. The fourth-order valence-corrected chi connectivity index (χ4v) is 5.93. The minimum atomic E-state index is -4.79. The topological polar surface area (TPSA) is 232 Å². The molecule has 3 unspecified atom stereocenters. The first kappa shape index (κ1) is 23.5. The zero-order chi connectivity index (χ0) is 24.1. The molecular formula is C15H20N7O9P2+. The molecule has 1 fully saturated rings. The van der Waals surface area contributed by atoms with Gasteiger partial charge in [0.25, 0.3) is 11.5 Å². The van der Waals surface area contributed by atoms with Gasteiger partial charge in [-0.3, -0.25) is 18.9 Å². The number of aromatic nitrogens is 6. The predicted octanol–water partition coefficient (Wildman–Crippen LogP) is -1.69. The summed E-state index contributed by atoms with van der Waals surface area (Å²) in [6.45, 7) is 0. The number of nitrogens with one attached hydrogen (secondary N) is 1. The summed E-state index contributed by atoms with van der Waals surface area (Å²) in [4.78, 5) is 41.9. The van der Waals surface area contributed by atoms with Crippen molar-refractivity contribution in [2.75, 3.05) is 5.73 Å². The Morgan fingerprint density at radius 3 is 2.73 bits per heavy atom. The van der Waals surface area contributed by atoms with Gasteiger partial charge < -0.3 is 30.5 Å². The van der Waals surface area contributed by atoms with Crippen LogP contribution < -0.4 is 15.9 Å². The van der Waals surface area contributed by atoms with Gasteiger partial charge in [-0.25, -0.2) is 22.8 Å². The maximum Gasteiger partial charge on any atom is 0.444 e. The number of imidazole rings is 2. The monoisotopic (exact) mass is 504 g/mol. The van der Waals surface area contributed by atoms with Crippen molar-refractivity contribution in [1.29, 1.82) is 0 Å². The zero-order valence-electron chi connectivity index (χ0n) is 16.8. The van der Waals surface area contributed by atoms with E-state index in [2.05, 4.69) is 19.3 Å². The number of aliphatic hydroxyl groups excluding tert-OH is 2. The molecule has 18 heteroatoms. The smallest absolute Gasteiger partial charge is 0.387 e. The van der Waals surface area contributed by atoms with E-state index in [1.807, 2.05) is 0 Å². The van der Waals surface area contributed by atoms with Gasteiger partial charge in [0, 0.05) is 18.2 Å². The highest BCUT2D eigenvalue weighted by atomic mass is 31.3. The van der Waals surface area contributed by atoms with Crippen molar-refractivity contribution < 1.29 is 42.7 Å². The Morgan fingerprint density at radius 1 is 1.33 bits per heavy atom. The molecule has 3 aromatic heterocycles. The van der Waals surface area contributed by atoms with Crippen molar-refractivity contribution in [3.05, 3.63) is 47.3 Å². The zero-order valence-corrected chi connectivity index (χ0v) is 18.6. The number of anilines is 1. The van der Waals surface area contributed by atoms with E-state index < -0.39 is 45.4 Å². The first-order valence-electron chi connectivity index (χ1n) is 9.22. The minimum Gasteiger partial charge on any atom is -0.387 e. The van der Waals surface area contributed by atoms with Crippen LogP contribution in [0.5, 0.6) is 0 Å². The number of nitrogens with zero attached hydrogens (tertiary/aromatic N) is 5. The maximum absolute atomic E-state index is 12.3. The Bertz CT molecular complexity index is 1370. The predicted molar refractivity (Wildman–Crippen MR) is 109 cm³/mol. The molecule has 4 rings (SSSR count). The summed E-state index contributed by atoms with van der Waals surface area (Å²) in [5, 5.41) is 20.9. The highest BCUT2D eigenvalue weighted by molar-refractivity contribution is 7.67. The highest BCUT2D eigenvalue weighted by Gasteiger charge is 2.46. The molecule has 0 saturated carbocycles. The van der Waals surface area contributed by atoms with Crippen LogP contribution in [0.2, 0.25) is 0 Å². The number of hydrogen-bond acceptors (Lipinski definition) is 10. The first-order valence-corrected chi connectivity index (χ1v) is 12.4. The molecule has 0 amide bonds. The van der Waals surface area contributed by atoms with Crippen LogP contribution in [0.4, 0.5) is 5.95 Å². The highest BCUT2D eigenvalue weighted by Crippen LogP contribution is 2.60. The second-order valence-electron chi connectivity index (χ2n) is 7.15. The van der Waals surface area contributed by atoms with E-state index in [1.54, 1.807) is 7.05 Å². The lowest BCUT2D eigenvalue weighted by Crippen LogP contribution is -2.46. The summed E-state index contributed by atoms with van der Waals surface area (Å²) in [6.07, 6.45) is -0.173. The molecule has 3 aromatic rings. The third kappa shape index (κ3) is 4.43. The third-order valence-corrected chi connectivity index (χ3v) is 7.96. The van der Waals surface area contributed by atoms with Crippen LogP contribution in [-0.2, 0) is 25.2 Å². The summed E-state index contributed by atoms with van der Waals surface area (Å²) in [6, 6.07) is 0. The van der Waals surface area contributed by atoms with Crippen LogP contribution in [0, 0.1) is 0 Å². The van der Waals surface area contributed by atoms with Gasteiger partial charge in [-0.1, -0.05) is 4.98 Å². The van der Waals surface area contributed by atoms with Crippen LogP contribution in [0.1, 0.15) is 6.23 Å². The molecule has 16 nitrogen and oxygen atoms in total.